The number of amides is 1. The highest BCUT2D eigenvalue weighted by atomic mass is 16.2. The fourth-order valence-electron chi connectivity index (χ4n) is 2.72. The Hall–Kier alpha value is -2.02. The van der Waals surface area contributed by atoms with Gasteiger partial charge in [-0.3, -0.25) is 4.79 Å². The zero-order chi connectivity index (χ0) is 13.9. The van der Waals surface area contributed by atoms with Gasteiger partial charge in [0.15, 0.2) is 0 Å². The van der Waals surface area contributed by atoms with E-state index in [0.717, 1.165) is 44.5 Å². The molecular formula is C16H19N3O. The number of anilines is 1. The molecule has 2 aliphatic rings. The van der Waals surface area contributed by atoms with Crippen molar-refractivity contribution in [3.8, 4) is 6.07 Å². The van der Waals surface area contributed by atoms with Crippen LogP contribution in [0.1, 0.15) is 31.2 Å². The van der Waals surface area contributed by atoms with Crippen LogP contribution in [0.3, 0.4) is 0 Å². The molecule has 0 radical (unpaired) electrons. The van der Waals surface area contributed by atoms with Crippen LogP contribution >= 0.6 is 0 Å². The lowest BCUT2D eigenvalue weighted by Gasteiger charge is -2.33. The largest absolute Gasteiger partial charge is 0.371 e. The van der Waals surface area contributed by atoms with Gasteiger partial charge in [0.2, 0.25) is 5.91 Å². The minimum Gasteiger partial charge on any atom is -0.371 e. The zero-order valence-electron chi connectivity index (χ0n) is 11.5. The molecule has 4 heteroatoms. The molecule has 1 saturated heterocycles. The van der Waals surface area contributed by atoms with E-state index < -0.39 is 0 Å². The Kier molecular flexibility index (Phi) is 3.60. The second-order valence-corrected chi connectivity index (χ2v) is 5.73. The summed E-state index contributed by atoms with van der Waals surface area (Å²) in [6.45, 7) is 1.77. The predicted molar refractivity (Wildman–Crippen MR) is 77.3 cm³/mol. The topological polar surface area (TPSA) is 56.1 Å². The lowest BCUT2D eigenvalue weighted by Crippen LogP contribution is -2.43. The van der Waals surface area contributed by atoms with E-state index in [1.807, 2.05) is 24.3 Å². The number of hydrogen-bond donors (Lipinski definition) is 1. The molecule has 104 valence electrons. The fourth-order valence-corrected chi connectivity index (χ4v) is 2.72. The first-order chi connectivity index (χ1) is 9.76. The molecule has 20 heavy (non-hydrogen) atoms. The van der Waals surface area contributed by atoms with Crippen LogP contribution in [0.15, 0.2) is 24.3 Å². The number of nitrogens with one attached hydrogen (secondary N) is 1. The smallest absolute Gasteiger partial charge is 0.225 e. The first kappa shape index (κ1) is 13.0. The van der Waals surface area contributed by atoms with E-state index in [1.165, 1.54) is 0 Å². The van der Waals surface area contributed by atoms with Crippen molar-refractivity contribution in [3.63, 3.8) is 0 Å². The Morgan fingerprint density at radius 1 is 1.25 bits per heavy atom. The van der Waals surface area contributed by atoms with Crippen LogP contribution in [0.5, 0.6) is 0 Å². The number of carbonyl (C=O) groups is 1. The number of nitriles is 1. The third-order valence-corrected chi connectivity index (χ3v) is 4.08. The van der Waals surface area contributed by atoms with E-state index in [2.05, 4.69) is 16.3 Å². The maximum atomic E-state index is 12.1. The van der Waals surface area contributed by atoms with Gasteiger partial charge in [-0.2, -0.15) is 5.26 Å². The van der Waals surface area contributed by atoms with Crippen molar-refractivity contribution in [1.82, 2.24) is 5.32 Å². The molecule has 1 aliphatic carbocycles. The molecule has 1 N–H and O–H groups in total. The van der Waals surface area contributed by atoms with E-state index in [4.69, 9.17) is 5.26 Å². The van der Waals surface area contributed by atoms with Crippen LogP contribution in [0.25, 0.3) is 0 Å². The van der Waals surface area contributed by atoms with Crippen molar-refractivity contribution in [2.24, 2.45) is 5.92 Å². The van der Waals surface area contributed by atoms with Crippen molar-refractivity contribution in [1.29, 1.82) is 5.26 Å². The number of rotatable bonds is 3. The van der Waals surface area contributed by atoms with Gasteiger partial charge in [-0.05, 0) is 49.9 Å². The van der Waals surface area contributed by atoms with Crippen LogP contribution < -0.4 is 10.2 Å². The number of piperidine rings is 1. The summed E-state index contributed by atoms with van der Waals surface area (Å²) in [5.74, 6) is 0.311. The van der Waals surface area contributed by atoms with Crippen LogP contribution in [0.4, 0.5) is 5.69 Å². The summed E-state index contributed by atoms with van der Waals surface area (Å²) >= 11 is 0. The average molecular weight is 269 g/mol. The minimum atomic E-state index is 0.0972. The molecule has 1 saturated carbocycles. The molecule has 0 aromatic heterocycles. The molecule has 0 bridgehead atoms. The Bertz CT molecular complexity index is 528. The molecular weight excluding hydrogens is 250 g/mol. The number of benzene rings is 1. The van der Waals surface area contributed by atoms with E-state index in [0.29, 0.717) is 11.6 Å². The Morgan fingerprint density at radius 3 is 2.65 bits per heavy atom. The summed E-state index contributed by atoms with van der Waals surface area (Å²) in [5.41, 5.74) is 1.78. The zero-order valence-corrected chi connectivity index (χ0v) is 11.5. The Balaban J connectivity index is 1.64. The highest BCUT2D eigenvalue weighted by molar-refractivity contribution is 5.80. The Morgan fingerprint density at radius 2 is 2.00 bits per heavy atom. The maximum Gasteiger partial charge on any atom is 0.225 e. The fraction of sp³-hybridized carbons (Fsp3) is 0.500. The quantitative estimate of drug-likeness (QED) is 0.913. The molecule has 3 rings (SSSR count). The average Bonchev–Trinajstić information content (AvgIpc) is 3.31. The van der Waals surface area contributed by atoms with Crippen LogP contribution in [0.2, 0.25) is 0 Å². The molecule has 1 atom stereocenters. The van der Waals surface area contributed by atoms with Crippen molar-refractivity contribution in [2.75, 3.05) is 18.0 Å². The van der Waals surface area contributed by atoms with Gasteiger partial charge in [0, 0.05) is 24.8 Å². The summed E-state index contributed by atoms with van der Waals surface area (Å²) in [6, 6.07) is 10.2. The van der Waals surface area contributed by atoms with Gasteiger partial charge < -0.3 is 10.2 Å². The van der Waals surface area contributed by atoms with Crippen molar-refractivity contribution in [2.45, 2.75) is 31.7 Å². The second-order valence-electron chi connectivity index (χ2n) is 5.73. The summed E-state index contributed by atoms with van der Waals surface area (Å²) < 4.78 is 0. The summed E-state index contributed by atoms with van der Waals surface area (Å²) in [7, 11) is 0. The van der Waals surface area contributed by atoms with Crippen molar-refractivity contribution < 1.29 is 4.79 Å². The van der Waals surface area contributed by atoms with Crippen LogP contribution in [-0.2, 0) is 4.79 Å². The van der Waals surface area contributed by atoms with Crippen molar-refractivity contribution >= 4 is 11.6 Å². The lowest BCUT2D eigenvalue weighted by molar-refractivity contribution is -0.125. The molecule has 1 heterocycles. The molecule has 1 unspecified atom stereocenters. The lowest BCUT2D eigenvalue weighted by atomic mass is 9.96. The van der Waals surface area contributed by atoms with E-state index in [9.17, 15) is 4.79 Å². The van der Waals surface area contributed by atoms with E-state index in [-0.39, 0.29) is 11.8 Å². The summed E-state index contributed by atoms with van der Waals surface area (Å²) in [6.07, 6.45) is 4.30. The van der Waals surface area contributed by atoms with Gasteiger partial charge in [0.1, 0.15) is 0 Å². The monoisotopic (exact) mass is 269 g/mol. The summed E-state index contributed by atoms with van der Waals surface area (Å²) in [4.78, 5) is 14.4. The highest BCUT2D eigenvalue weighted by Gasteiger charge is 2.30. The molecule has 4 nitrogen and oxygen atoms in total. The Labute approximate surface area is 119 Å². The molecule has 1 aromatic rings. The second kappa shape index (κ2) is 5.54. The molecule has 1 amide bonds. The molecule has 0 spiro atoms. The highest BCUT2D eigenvalue weighted by Crippen LogP contribution is 2.25. The van der Waals surface area contributed by atoms with Gasteiger partial charge in [0.05, 0.1) is 17.6 Å². The molecule has 1 aromatic carbocycles. The van der Waals surface area contributed by atoms with Gasteiger partial charge in [-0.15, -0.1) is 0 Å². The number of carbonyl (C=O) groups excluding carboxylic acids is 1. The molecule has 1 aliphatic heterocycles. The van der Waals surface area contributed by atoms with Crippen molar-refractivity contribution in [3.05, 3.63) is 29.8 Å². The standard InChI is InChI=1S/C16H19N3O/c17-10-12-3-7-15(8-4-12)19-9-1-2-13(11-19)16(20)18-14-5-6-14/h3-4,7-8,13-14H,1-2,5-6,9,11H2,(H,18,20). The third-order valence-electron chi connectivity index (χ3n) is 4.08. The van der Waals surface area contributed by atoms with E-state index >= 15 is 0 Å². The normalized spacial score (nSPS) is 22.1. The summed E-state index contributed by atoms with van der Waals surface area (Å²) in [5, 5.41) is 11.9. The first-order valence-corrected chi connectivity index (χ1v) is 7.32. The van der Waals surface area contributed by atoms with E-state index in [1.54, 1.807) is 0 Å². The third kappa shape index (κ3) is 2.93. The maximum absolute atomic E-state index is 12.1. The number of nitrogens with zero attached hydrogens (tertiary/aromatic N) is 2. The van der Waals surface area contributed by atoms with Gasteiger partial charge in [0.25, 0.3) is 0 Å². The predicted octanol–water partition coefficient (Wildman–Crippen LogP) is 2.05. The van der Waals surface area contributed by atoms with Crippen LogP contribution in [0, 0.1) is 17.2 Å². The van der Waals surface area contributed by atoms with Gasteiger partial charge in [-0.1, -0.05) is 0 Å². The van der Waals surface area contributed by atoms with Crippen LogP contribution in [-0.4, -0.2) is 25.0 Å². The van der Waals surface area contributed by atoms with Gasteiger partial charge in [-0.25, -0.2) is 0 Å². The van der Waals surface area contributed by atoms with Gasteiger partial charge >= 0.3 is 0 Å². The minimum absolute atomic E-state index is 0.0972. The number of hydrogen-bond acceptors (Lipinski definition) is 3. The SMILES string of the molecule is N#Cc1ccc(N2CCCC(C(=O)NC3CC3)C2)cc1. The first-order valence-electron chi connectivity index (χ1n) is 7.32. The molecule has 2 fully saturated rings.